The van der Waals surface area contributed by atoms with E-state index in [2.05, 4.69) is 28.9 Å². The first-order valence-electron chi connectivity index (χ1n) is 4.68. The molecule has 1 aromatic carbocycles. The second kappa shape index (κ2) is 4.80. The van der Waals surface area contributed by atoms with Crippen LogP contribution in [-0.4, -0.2) is 12.6 Å². The predicted octanol–water partition coefficient (Wildman–Crippen LogP) is 2.79. The summed E-state index contributed by atoms with van der Waals surface area (Å²) in [6.07, 6.45) is 0.0488. The van der Waals surface area contributed by atoms with Crippen molar-refractivity contribution in [2.24, 2.45) is 5.73 Å². The highest BCUT2D eigenvalue weighted by molar-refractivity contribution is 9.10. The number of nitrogens with two attached hydrogens (primary N) is 1. The molecule has 0 fully saturated rings. The molecule has 1 aromatic rings. The Morgan fingerprint density at radius 3 is 2.57 bits per heavy atom. The van der Waals surface area contributed by atoms with Crippen LogP contribution >= 0.6 is 15.9 Å². The van der Waals surface area contributed by atoms with Crippen molar-refractivity contribution in [2.75, 3.05) is 6.54 Å². The van der Waals surface area contributed by atoms with Crippen molar-refractivity contribution in [3.8, 4) is 5.75 Å². The van der Waals surface area contributed by atoms with Crippen molar-refractivity contribution < 1.29 is 4.74 Å². The van der Waals surface area contributed by atoms with Gasteiger partial charge in [0.1, 0.15) is 11.9 Å². The van der Waals surface area contributed by atoms with E-state index in [1.807, 2.05) is 19.9 Å². The van der Waals surface area contributed by atoms with Gasteiger partial charge in [0, 0.05) is 6.54 Å². The van der Waals surface area contributed by atoms with Crippen LogP contribution in [0.4, 0.5) is 0 Å². The molecule has 0 aliphatic heterocycles. The van der Waals surface area contributed by atoms with Gasteiger partial charge in [0.25, 0.3) is 0 Å². The van der Waals surface area contributed by atoms with Crippen LogP contribution in [0.25, 0.3) is 0 Å². The minimum Gasteiger partial charge on any atom is -0.488 e. The van der Waals surface area contributed by atoms with Crippen molar-refractivity contribution in [2.45, 2.75) is 26.9 Å². The lowest BCUT2D eigenvalue weighted by atomic mass is 10.1. The van der Waals surface area contributed by atoms with Gasteiger partial charge in [0.05, 0.1) is 4.47 Å². The smallest absolute Gasteiger partial charge is 0.136 e. The van der Waals surface area contributed by atoms with E-state index in [0.29, 0.717) is 6.54 Å². The number of ether oxygens (including phenoxy) is 1. The lowest BCUT2D eigenvalue weighted by Crippen LogP contribution is -2.23. The molecule has 0 radical (unpaired) electrons. The third-order valence-electron chi connectivity index (χ3n) is 2.02. The lowest BCUT2D eigenvalue weighted by Gasteiger charge is -2.16. The fourth-order valence-electron chi connectivity index (χ4n) is 1.30. The van der Waals surface area contributed by atoms with Crippen LogP contribution in [-0.2, 0) is 0 Å². The Kier molecular flexibility index (Phi) is 3.96. The van der Waals surface area contributed by atoms with E-state index in [0.717, 1.165) is 15.8 Å². The average Bonchev–Trinajstić information content (AvgIpc) is 2.10. The molecule has 14 heavy (non-hydrogen) atoms. The summed E-state index contributed by atoms with van der Waals surface area (Å²) in [5.41, 5.74) is 7.87. The van der Waals surface area contributed by atoms with Gasteiger partial charge in [-0.2, -0.15) is 0 Å². The SMILES string of the molecule is Cc1cc(C)c(OC(C)CN)c(Br)c1. The number of benzene rings is 1. The summed E-state index contributed by atoms with van der Waals surface area (Å²) in [7, 11) is 0. The number of rotatable bonds is 3. The number of hydrogen-bond donors (Lipinski definition) is 1. The molecule has 0 heterocycles. The maximum absolute atomic E-state index is 5.71. The van der Waals surface area contributed by atoms with Crippen molar-refractivity contribution in [1.82, 2.24) is 0 Å². The van der Waals surface area contributed by atoms with Gasteiger partial charge >= 0.3 is 0 Å². The second-order valence-corrected chi connectivity index (χ2v) is 4.41. The third kappa shape index (κ3) is 2.72. The molecule has 1 atom stereocenters. The van der Waals surface area contributed by atoms with Gasteiger partial charge in [-0.3, -0.25) is 0 Å². The molecule has 2 nitrogen and oxygen atoms in total. The van der Waals surface area contributed by atoms with E-state index in [1.54, 1.807) is 0 Å². The van der Waals surface area contributed by atoms with E-state index in [1.165, 1.54) is 5.56 Å². The maximum Gasteiger partial charge on any atom is 0.136 e. The highest BCUT2D eigenvalue weighted by Gasteiger charge is 2.09. The topological polar surface area (TPSA) is 35.2 Å². The molecule has 0 saturated carbocycles. The summed E-state index contributed by atoms with van der Waals surface area (Å²) in [5, 5.41) is 0. The summed E-state index contributed by atoms with van der Waals surface area (Å²) in [6.45, 7) is 6.59. The largest absolute Gasteiger partial charge is 0.488 e. The molecule has 2 N–H and O–H groups in total. The van der Waals surface area contributed by atoms with Gasteiger partial charge < -0.3 is 10.5 Å². The fraction of sp³-hybridized carbons (Fsp3) is 0.455. The van der Waals surface area contributed by atoms with Gasteiger partial charge in [0.2, 0.25) is 0 Å². The molecular weight excluding hydrogens is 242 g/mol. The molecule has 0 aliphatic carbocycles. The van der Waals surface area contributed by atoms with Crippen LogP contribution in [0.5, 0.6) is 5.75 Å². The Labute approximate surface area is 93.6 Å². The Morgan fingerprint density at radius 1 is 1.43 bits per heavy atom. The Bertz CT molecular complexity index is 302. The highest BCUT2D eigenvalue weighted by atomic mass is 79.9. The summed E-state index contributed by atoms with van der Waals surface area (Å²) in [6, 6.07) is 4.15. The standard InChI is InChI=1S/C11H16BrNO/c1-7-4-8(2)11(10(12)5-7)14-9(3)6-13/h4-5,9H,6,13H2,1-3H3. The Hall–Kier alpha value is -0.540. The fourth-order valence-corrected chi connectivity index (χ4v) is 2.07. The number of aryl methyl sites for hydroxylation is 2. The molecule has 0 saturated heterocycles. The van der Waals surface area contributed by atoms with Crippen LogP contribution in [0.1, 0.15) is 18.1 Å². The Morgan fingerprint density at radius 2 is 2.07 bits per heavy atom. The molecule has 0 spiro atoms. The van der Waals surface area contributed by atoms with E-state index >= 15 is 0 Å². The van der Waals surface area contributed by atoms with Crippen molar-refractivity contribution in [3.05, 3.63) is 27.7 Å². The van der Waals surface area contributed by atoms with Crippen LogP contribution in [0.15, 0.2) is 16.6 Å². The molecule has 0 amide bonds. The van der Waals surface area contributed by atoms with Crippen LogP contribution in [0, 0.1) is 13.8 Å². The monoisotopic (exact) mass is 257 g/mol. The minimum absolute atomic E-state index is 0.0488. The summed E-state index contributed by atoms with van der Waals surface area (Å²) >= 11 is 3.49. The first-order valence-corrected chi connectivity index (χ1v) is 5.47. The van der Waals surface area contributed by atoms with E-state index in [-0.39, 0.29) is 6.10 Å². The van der Waals surface area contributed by atoms with Crippen LogP contribution < -0.4 is 10.5 Å². The van der Waals surface area contributed by atoms with Gasteiger partial charge in [-0.25, -0.2) is 0 Å². The zero-order chi connectivity index (χ0) is 10.7. The average molecular weight is 258 g/mol. The quantitative estimate of drug-likeness (QED) is 0.904. The summed E-state index contributed by atoms with van der Waals surface area (Å²) < 4.78 is 6.70. The molecular formula is C11H16BrNO. The Balaban J connectivity index is 2.96. The van der Waals surface area contributed by atoms with Gasteiger partial charge in [0.15, 0.2) is 0 Å². The number of halogens is 1. The van der Waals surface area contributed by atoms with E-state index < -0.39 is 0 Å². The molecule has 1 rings (SSSR count). The first-order chi connectivity index (χ1) is 6.54. The van der Waals surface area contributed by atoms with Gasteiger partial charge in [-0.1, -0.05) is 6.07 Å². The van der Waals surface area contributed by atoms with E-state index in [4.69, 9.17) is 10.5 Å². The van der Waals surface area contributed by atoms with Gasteiger partial charge in [-0.05, 0) is 53.9 Å². The molecule has 1 unspecified atom stereocenters. The molecule has 0 aliphatic rings. The highest BCUT2D eigenvalue weighted by Crippen LogP contribution is 2.30. The zero-order valence-corrected chi connectivity index (χ0v) is 10.4. The molecule has 3 heteroatoms. The van der Waals surface area contributed by atoms with Crippen LogP contribution in [0.2, 0.25) is 0 Å². The lowest BCUT2D eigenvalue weighted by molar-refractivity contribution is 0.227. The van der Waals surface area contributed by atoms with Gasteiger partial charge in [-0.15, -0.1) is 0 Å². The number of hydrogen-bond acceptors (Lipinski definition) is 2. The zero-order valence-electron chi connectivity index (χ0n) is 8.80. The normalized spacial score (nSPS) is 12.6. The molecule has 78 valence electrons. The first kappa shape index (κ1) is 11.5. The van der Waals surface area contributed by atoms with E-state index in [9.17, 15) is 0 Å². The second-order valence-electron chi connectivity index (χ2n) is 3.56. The minimum atomic E-state index is 0.0488. The van der Waals surface area contributed by atoms with Crippen molar-refractivity contribution in [3.63, 3.8) is 0 Å². The molecule has 0 aromatic heterocycles. The summed E-state index contributed by atoms with van der Waals surface area (Å²) in [5.74, 6) is 0.897. The predicted molar refractivity (Wildman–Crippen MR) is 62.8 cm³/mol. The molecule has 0 bridgehead atoms. The summed E-state index contributed by atoms with van der Waals surface area (Å²) in [4.78, 5) is 0. The third-order valence-corrected chi connectivity index (χ3v) is 2.61. The maximum atomic E-state index is 5.71. The van der Waals surface area contributed by atoms with Crippen molar-refractivity contribution >= 4 is 15.9 Å². The van der Waals surface area contributed by atoms with Crippen LogP contribution in [0.3, 0.4) is 0 Å². The van der Waals surface area contributed by atoms with Crippen molar-refractivity contribution in [1.29, 1.82) is 0 Å².